The standard InChI is InChI=1S/C15H28N2O3/c1-19-10-9-15(7-8-15)11-16-14(18)17-12-5-3-4-6-13(12)20-2/h12-13H,3-11H2,1-2H3,(H2,16,17,18). The third-order valence-electron chi connectivity index (χ3n) is 4.74. The maximum atomic E-state index is 12.0. The Bertz CT molecular complexity index is 318. The number of hydrogen-bond donors (Lipinski definition) is 2. The Kier molecular flexibility index (Phi) is 5.66. The zero-order valence-electron chi connectivity index (χ0n) is 12.7. The number of carbonyl (C=O) groups excluding carboxylic acids is 1. The lowest BCUT2D eigenvalue weighted by molar-refractivity contribution is 0.0451. The van der Waals surface area contributed by atoms with Crippen molar-refractivity contribution in [1.82, 2.24) is 10.6 Å². The minimum absolute atomic E-state index is 0.0531. The average molecular weight is 284 g/mol. The van der Waals surface area contributed by atoms with Crippen LogP contribution in [0.25, 0.3) is 0 Å². The zero-order chi connectivity index (χ0) is 14.4. The molecule has 2 fully saturated rings. The molecule has 5 nitrogen and oxygen atoms in total. The molecule has 20 heavy (non-hydrogen) atoms. The van der Waals surface area contributed by atoms with Crippen LogP contribution in [0.5, 0.6) is 0 Å². The van der Waals surface area contributed by atoms with Crippen LogP contribution in [0.1, 0.15) is 44.9 Å². The molecule has 0 aromatic heterocycles. The van der Waals surface area contributed by atoms with E-state index in [2.05, 4.69) is 10.6 Å². The largest absolute Gasteiger partial charge is 0.385 e. The van der Waals surface area contributed by atoms with Gasteiger partial charge in [-0.1, -0.05) is 12.8 Å². The first kappa shape index (κ1) is 15.6. The molecule has 0 aromatic rings. The highest BCUT2D eigenvalue weighted by molar-refractivity contribution is 5.74. The monoisotopic (exact) mass is 284 g/mol. The molecule has 2 aliphatic rings. The van der Waals surface area contributed by atoms with Crippen LogP contribution < -0.4 is 10.6 Å². The van der Waals surface area contributed by atoms with Crippen molar-refractivity contribution in [3.63, 3.8) is 0 Å². The van der Waals surface area contributed by atoms with Crippen molar-refractivity contribution < 1.29 is 14.3 Å². The number of urea groups is 1. The molecule has 0 aromatic carbocycles. The summed E-state index contributed by atoms with van der Waals surface area (Å²) < 4.78 is 10.6. The molecule has 2 unspecified atom stereocenters. The van der Waals surface area contributed by atoms with Crippen LogP contribution in [-0.4, -0.2) is 45.5 Å². The number of hydrogen-bond acceptors (Lipinski definition) is 3. The normalized spacial score (nSPS) is 27.9. The molecule has 0 bridgehead atoms. The van der Waals surface area contributed by atoms with Gasteiger partial charge in [-0.25, -0.2) is 4.79 Å². The summed E-state index contributed by atoms with van der Waals surface area (Å²) in [5.41, 5.74) is 0.292. The number of rotatable bonds is 7. The van der Waals surface area contributed by atoms with Crippen molar-refractivity contribution in [2.45, 2.75) is 57.1 Å². The number of ether oxygens (including phenoxy) is 2. The molecule has 2 atom stereocenters. The molecule has 116 valence electrons. The van der Waals surface area contributed by atoms with Crippen LogP contribution >= 0.6 is 0 Å². The first-order valence-corrected chi connectivity index (χ1v) is 7.75. The molecule has 2 amide bonds. The highest BCUT2D eigenvalue weighted by atomic mass is 16.5. The highest BCUT2D eigenvalue weighted by Crippen LogP contribution is 2.48. The highest BCUT2D eigenvalue weighted by Gasteiger charge is 2.42. The predicted molar refractivity (Wildman–Crippen MR) is 77.7 cm³/mol. The van der Waals surface area contributed by atoms with Gasteiger partial charge in [0, 0.05) is 27.4 Å². The third kappa shape index (κ3) is 4.35. The van der Waals surface area contributed by atoms with Crippen molar-refractivity contribution >= 4 is 6.03 Å². The first-order chi connectivity index (χ1) is 9.69. The Hall–Kier alpha value is -0.810. The summed E-state index contributed by atoms with van der Waals surface area (Å²) in [7, 11) is 3.46. The minimum Gasteiger partial charge on any atom is -0.385 e. The van der Waals surface area contributed by atoms with Gasteiger partial charge < -0.3 is 20.1 Å². The lowest BCUT2D eigenvalue weighted by Gasteiger charge is -2.31. The van der Waals surface area contributed by atoms with Crippen LogP contribution in [0.4, 0.5) is 4.79 Å². The van der Waals surface area contributed by atoms with Gasteiger partial charge in [-0.2, -0.15) is 0 Å². The average Bonchev–Trinajstić information content (AvgIpc) is 3.24. The van der Waals surface area contributed by atoms with Gasteiger partial charge in [0.2, 0.25) is 0 Å². The van der Waals surface area contributed by atoms with Gasteiger partial charge in [0.25, 0.3) is 0 Å². The smallest absolute Gasteiger partial charge is 0.315 e. The SMILES string of the molecule is COCCC1(CNC(=O)NC2CCCCC2OC)CC1. The van der Waals surface area contributed by atoms with Crippen molar-refractivity contribution in [3.05, 3.63) is 0 Å². The topological polar surface area (TPSA) is 59.6 Å². The zero-order valence-corrected chi connectivity index (χ0v) is 12.7. The molecule has 0 radical (unpaired) electrons. The van der Waals surface area contributed by atoms with Gasteiger partial charge in [0.15, 0.2) is 0 Å². The Morgan fingerprint density at radius 3 is 2.65 bits per heavy atom. The van der Waals surface area contributed by atoms with Crippen LogP contribution in [-0.2, 0) is 9.47 Å². The van der Waals surface area contributed by atoms with Crippen LogP contribution in [0.15, 0.2) is 0 Å². The molecular weight excluding hydrogens is 256 g/mol. The molecule has 5 heteroatoms. The van der Waals surface area contributed by atoms with Crippen molar-refractivity contribution in [2.24, 2.45) is 5.41 Å². The van der Waals surface area contributed by atoms with E-state index in [0.29, 0.717) is 5.41 Å². The lowest BCUT2D eigenvalue weighted by atomic mass is 9.92. The van der Waals surface area contributed by atoms with Gasteiger partial charge in [-0.15, -0.1) is 0 Å². The van der Waals surface area contributed by atoms with Crippen LogP contribution in [0.2, 0.25) is 0 Å². The van der Waals surface area contributed by atoms with Gasteiger partial charge in [-0.3, -0.25) is 0 Å². The Morgan fingerprint density at radius 2 is 2.00 bits per heavy atom. The van der Waals surface area contributed by atoms with E-state index in [4.69, 9.17) is 9.47 Å². The van der Waals surface area contributed by atoms with E-state index in [9.17, 15) is 4.79 Å². The molecule has 0 saturated heterocycles. The summed E-state index contributed by atoms with van der Waals surface area (Å²) in [6.45, 7) is 1.53. The second kappa shape index (κ2) is 7.27. The second-order valence-corrected chi connectivity index (χ2v) is 6.23. The minimum atomic E-state index is -0.0531. The van der Waals surface area contributed by atoms with E-state index in [1.807, 2.05) is 0 Å². The molecule has 0 aliphatic heterocycles. The van der Waals surface area contributed by atoms with Crippen LogP contribution in [0.3, 0.4) is 0 Å². The van der Waals surface area contributed by atoms with Gasteiger partial charge >= 0.3 is 6.03 Å². The Balaban J connectivity index is 1.69. The summed E-state index contributed by atoms with van der Waals surface area (Å²) in [5.74, 6) is 0. The fraction of sp³-hybridized carbons (Fsp3) is 0.933. The fourth-order valence-corrected chi connectivity index (χ4v) is 3.04. The summed E-state index contributed by atoms with van der Waals surface area (Å²) in [6.07, 6.45) is 8.01. The number of methoxy groups -OCH3 is 2. The maximum Gasteiger partial charge on any atom is 0.315 e. The van der Waals surface area contributed by atoms with E-state index in [0.717, 1.165) is 32.4 Å². The molecule has 0 spiro atoms. The van der Waals surface area contributed by atoms with Gasteiger partial charge in [0.05, 0.1) is 12.1 Å². The first-order valence-electron chi connectivity index (χ1n) is 7.75. The number of carbonyl (C=O) groups is 1. The Labute approximate surface area is 121 Å². The lowest BCUT2D eigenvalue weighted by Crippen LogP contribution is -2.50. The molecule has 2 rings (SSSR count). The van der Waals surface area contributed by atoms with E-state index in [-0.39, 0.29) is 18.2 Å². The van der Waals surface area contributed by atoms with E-state index in [1.54, 1.807) is 14.2 Å². The number of amides is 2. The fourth-order valence-electron chi connectivity index (χ4n) is 3.04. The summed E-state index contributed by atoms with van der Waals surface area (Å²) in [5, 5.41) is 6.10. The van der Waals surface area contributed by atoms with E-state index in [1.165, 1.54) is 25.7 Å². The Morgan fingerprint density at radius 1 is 1.25 bits per heavy atom. The van der Waals surface area contributed by atoms with Crippen molar-refractivity contribution in [3.8, 4) is 0 Å². The predicted octanol–water partition coefficient (Wildman–Crippen LogP) is 2.06. The number of nitrogens with one attached hydrogen (secondary N) is 2. The summed E-state index contributed by atoms with van der Waals surface area (Å²) in [4.78, 5) is 12.0. The summed E-state index contributed by atoms with van der Waals surface area (Å²) in [6, 6.07) is 0.102. The molecule has 2 N–H and O–H groups in total. The third-order valence-corrected chi connectivity index (χ3v) is 4.74. The quantitative estimate of drug-likeness (QED) is 0.752. The van der Waals surface area contributed by atoms with E-state index < -0.39 is 0 Å². The molecule has 2 saturated carbocycles. The maximum absolute atomic E-state index is 12.0. The van der Waals surface area contributed by atoms with E-state index >= 15 is 0 Å². The van der Waals surface area contributed by atoms with Crippen molar-refractivity contribution in [1.29, 1.82) is 0 Å². The van der Waals surface area contributed by atoms with Gasteiger partial charge in [-0.05, 0) is 37.5 Å². The summed E-state index contributed by atoms with van der Waals surface area (Å²) >= 11 is 0. The molecule has 0 heterocycles. The molecular formula is C15H28N2O3. The second-order valence-electron chi connectivity index (χ2n) is 6.23. The van der Waals surface area contributed by atoms with Crippen LogP contribution in [0, 0.1) is 5.41 Å². The molecule has 2 aliphatic carbocycles. The van der Waals surface area contributed by atoms with Crippen molar-refractivity contribution in [2.75, 3.05) is 27.4 Å². The van der Waals surface area contributed by atoms with Gasteiger partial charge in [0.1, 0.15) is 0 Å².